The molecule has 0 saturated heterocycles. The van der Waals surface area contributed by atoms with Crippen molar-refractivity contribution < 1.29 is 198 Å². The predicted octanol–water partition coefficient (Wildman–Crippen LogP) is -0.0175. The van der Waals surface area contributed by atoms with Crippen LogP contribution in [-0.2, 0) is 117 Å². The summed E-state index contributed by atoms with van der Waals surface area (Å²) in [7, 11) is 0. The molecule has 0 atom stereocenters. The summed E-state index contributed by atoms with van der Waals surface area (Å²) in [5, 5.41) is 0. The molecule has 9 heavy (non-hydrogen) atoms. The third kappa shape index (κ3) is 54.9. The van der Waals surface area contributed by atoms with E-state index in [9.17, 15) is 0 Å². The van der Waals surface area contributed by atoms with Gasteiger partial charge in [0.15, 0.2) is 0 Å². The molecule has 0 rings (SSSR count). The molecule has 0 spiro atoms. The van der Waals surface area contributed by atoms with Gasteiger partial charge < -0.3 is 0 Å². The Morgan fingerprint density at radius 3 is 0.222 bits per heavy atom. The van der Waals surface area contributed by atoms with E-state index in [4.69, 9.17) is 0 Å². The van der Waals surface area contributed by atoms with Crippen LogP contribution in [0, 0.1) is 80.8 Å². The van der Waals surface area contributed by atoms with E-state index >= 15 is 0 Å². The number of rotatable bonds is 0. The Morgan fingerprint density at radius 1 is 0.222 bits per heavy atom. The molecule has 0 N–H and O–H groups in total. The minimum Gasteiger partial charge on any atom is 0 e. The minimum atomic E-state index is 0. The third-order valence-corrected chi connectivity index (χ3v) is 0. The van der Waals surface area contributed by atoms with Crippen molar-refractivity contribution in [3.63, 3.8) is 0 Å². The number of hydrogen-bond donors (Lipinski definition) is 0. The molecule has 0 saturated carbocycles. The van der Waals surface area contributed by atoms with Gasteiger partial charge in [-0.1, -0.05) is 0 Å². The van der Waals surface area contributed by atoms with Gasteiger partial charge in [-0.25, -0.2) is 0 Å². The SMILES string of the molecule is [Co].[Co].[Co].[Co].[Co].[Co].[Co].[Sm].[Sm]. The fraction of sp³-hybridized carbons (Fsp3) is 0. The Hall–Kier alpha value is 6.22. The summed E-state index contributed by atoms with van der Waals surface area (Å²) in [5.74, 6) is 0. The third-order valence-electron chi connectivity index (χ3n) is 0. The Kier molecular flexibility index (Phi) is 568. The van der Waals surface area contributed by atoms with Gasteiger partial charge >= 0.3 is 0 Å². The monoisotopic (exact) mass is 716 g/mol. The van der Waals surface area contributed by atoms with E-state index in [0.717, 1.165) is 0 Å². The maximum absolute atomic E-state index is 0. The van der Waals surface area contributed by atoms with Crippen LogP contribution in [0.4, 0.5) is 0 Å². The van der Waals surface area contributed by atoms with Gasteiger partial charge in [-0.2, -0.15) is 0 Å². The molecule has 0 fully saturated rings. The average molecular weight is 713 g/mol. The first-order chi connectivity index (χ1) is 0. The van der Waals surface area contributed by atoms with E-state index in [-0.39, 0.29) is 198 Å². The van der Waals surface area contributed by atoms with Crippen LogP contribution in [0.15, 0.2) is 0 Å². The van der Waals surface area contributed by atoms with Crippen molar-refractivity contribution >= 4 is 0 Å². The molecule has 0 aliphatic rings. The van der Waals surface area contributed by atoms with Crippen molar-refractivity contribution in [1.82, 2.24) is 0 Å². The van der Waals surface area contributed by atoms with Crippen molar-refractivity contribution in [1.29, 1.82) is 0 Å². The first-order valence-electron chi connectivity index (χ1n) is 0. The van der Waals surface area contributed by atoms with Gasteiger partial charge in [-0.05, 0) is 0 Å². The van der Waals surface area contributed by atoms with E-state index in [1.54, 1.807) is 0 Å². The van der Waals surface area contributed by atoms with Gasteiger partial charge in [-0.3, -0.25) is 0 Å². The van der Waals surface area contributed by atoms with E-state index < -0.39 is 0 Å². The molecule has 0 aromatic carbocycles. The van der Waals surface area contributed by atoms with Crippen molar-refractivity contribution in [3.8, 4) is 0 Å². The number of hydrogen-bond acceptors (Lipinski definition) is 0. The smallest absolute Gasteiger partial charge is 0 e. The van der Waals surface area contributed by atoms with Crippen LogP contribution >= 0.6 is 0 Å². The molecule has 0 aliphatic carbocycles. The first kappa shape index (κ1) is 79.5. The molecule has 0 aromatic rings. The topological polar surface area (TPSA) is 0 Å². The van der Waals surface area contributed by atoms with Crippen molar-refractivity contribution in [3.05, 3.63) is 0 Å². The summed E-state index contributed by atoms with van der Waals surface area (Å²) in [6.07, 6.45) is 0. The summed E-state index contributed by atoms with van der Waals surface area (Å²) in [4.78, 5) is 0. The normalized spacial score (nSPS) is 0. The average Bonchev–Trinajstić information content (AvgIpc) is 0. The van der Waals surface area contributed by atoms with E-state index in [1.165, 1.54) is 0 Å². The van der Waals surface area contributed by atoms with E-state index in [1.807, 2.05) is 0 Å². The molecule has 0 heterocycles. The summed E-state index contributed by atoms with van der Waals surface area (Å²) in [6, 6.07) is 0. The Balaban J connectivity index is 0. The van der Waals surface area contributed by atoms with Gasteiger partial charge in [0, 0.05) is 198 Å². The van der Waals surface area contributed by atoms with Gasteiger partial charge in [0.1, 0.15) is 0 Å². The predicted molar refractivity (Wildman–Crippen MR) is 0 cm³/mol. The molecule has 0 amide bonds. The molecule has 0 nitrogen and oxygen atoms in total. The van der Waals surface area contributed by atoms with Gasteiger partial charge in [0.05, 0.1) is 0 Å². The Morgan fingerprint density at radius 2 is 0.222 bits per heavy atom. The van der Waals surface area contributed by atoms with Crippen LogP contribution in [0.5, 0.6) is 0 Å². The second-order valence-electron chi connectivity index (χ2n) is 0. The minimum absolute atomic E-state index is 0. The molecule has 0 aliphatic heterocycles. The fourth-order valence-corrected chi connectivity index (χ4v) is 0. The quantitative estimate of drug-likeness (QED) is 0.332. The maximum Gasteiger partial charge on any atom is 0 e. The van der Waals surface area contributed by atoms with Gasteiger partial charge in [-0.15, -0.1) is 0 Å². The molecule has 9 heteroatoms. The van der Waals surface area contributed by atoms with Crippen molar-refractivity contribution in [2.24, 2.45) is 0 Å². The molecule has 0 unspecified atom stereocenters. The zero-order chi connectivity index (χ0) is 0. The fourth-order valence-electron chi connectivity index (χ4n) is 0. The molecule has 75 valence electrons. The van der Waals surface area contributed by atoms with Crippen LogP contribution < -0.4 is 0 Å². The zero-order valence-corrected chi connectivity index (χ0v) is 15.7. The second-order valence-corrected chi connectivity index (χ2v) is 0. The molecule has 0 aromatic heterocycles. The largest absolute Gasteiger partial charge is 0 e. The molecule has 0 bridgehead atoms. The van der Waals surface area contributed by atoms with Crippen molar-refractivity contribution in [2.45, 2.75) is 0 Å². The summed E-state index contributed by atoms with van der Waals surface area (Å²) < 4.78 is 0. The van der Waals surface area contributed by atoms with Crippen LogP contribution in [0.1, 0.15) is 0 Å². The van der Waals surface area contributed by atoms with Crippen LogP contribution in [0.25, 0.3) is 0 Å². The Bertz CT molecular complexity index is 6.88. The molecular weight excluding hydrogens is 713 g/mol. The molecular formula is Co7Sm2. The maximum atomic E-state index is 0. The summed E-state index contributed by atoms with van der Waals surface area (Å²) >= 11 is 0. The summed E-state index contributed by atoms with van der Waals surface area (Å²) in [6.45, 7) is 0. The second kappa shape index (κ2) is 64.2. The van der Waals surface area contributed by atoms with Gasteiger partial charge in [0.2, 0.25) is 0 Å². The Labute approximate surface area is 193 Å². The van der Waals surface area contributed by atoms with E-state index in [0.29, 0.717) is 0 Å². The summed E-state index contributed by atoms with van der Waals surface area (Å²) in [5.41, 5.74) is 0. The van der Waals surface area contributed by atoms with Crippen LogP contribution in [0.3, 0.4) is 0 Å². The molecule has 7 radical (unpaired) electrons. The zero-order valence-electron chi connectivity index (χ0n) is 3.15. The first-order valence-corrected chi connectivity index (χ1v) is 0. The van der Waals surface area contributed by atoms with Crippen LogP contribution in [0.2, 0.25) is 0 Å². The van der Waals surface area contributed by atoms with Gasteiger partial charge in [0.25, 0.3) is 0 Å². The van der Waals surface area contributed by atoms with E-state index in [2.05, 4.69) is 0 Å². The van der Waals surface area contributed by atoms with Crippen LogP contribution in [-0.4, -0.2) is 0 Å². The van der Waals surface area contributed by atoms with Crippen molar-refractivity contribution in [2.75, 3.05) is 0 Å². The standard InChI is InChI=1S/7Co.2Sm.